The summed E-state index contributed by atoms with van der Waals surface area (Å²) in [6.45, 7) is 8.39. The molecule has 56 heavy (non-hydrogen) atoms. The second kappa shape index (κ2) is 14.7. The number of benzene rings is 2. The lowest BCUT2D eigenvalue weighted by atomic mass is 9.97. The molecule has 17 heteroatoms. The fourth-order valence-corrected chi connectivity index (χ4v) is 8.77. The van der Waals surface area contributed by atoms with Crippen molar-refractivity contribution < 1.29 is 33.1 Å². The Bertz CT molecular complexity index is 2070. The van der Waals surface area contributed by atoms with Crippen molar-refractivity contribution in [3.05, 3.63) is 65.6 Å². The normalized spacial score (nSPS) is 23.4. The Morgan fingerprint density at radius 3 is 2.34 bits per heavy atom. The molecular formula is C39H43FN10O6. The number of ether oxygens (including phenoxy) is 1. The van der Waals surface area contributed by atoms with Crippen molar-refractivity contribution in [2.45, 2.75) is 37.8 Å². The van der Waals surface area contributed by atoms with Gasteiger partial charge in [-0.25, -0.2) is 14.2 Å². The van der Waals surface area contributed by atoms with Crippen LogP contribution in [0.25, 0.3) is 0 Å². The summed E-state index contributed by atoms with van der Waals surface area (Å²) in [5.74, 6) is -1.49. The summed E-state index contributed by atoms with van der Waals surface area (Å²) < 4.78 is 20.0. The molecule has 2 atom stereocenters. The monoisotopic (exact) mass is 766 g/mol. The number of fused-ring (bicyclic) bond motifs is 1. The molecule has 0 radical (unpaired) electrons. The van der Waals surface area contributed by atoms with Gasteiger partial charge in [0.15, 0.2) is 11.6 Å². The zero-order valence-corrected chi connectivity index (χ0v) is 30.9. The number of carbonyl (C=O) groups excluding carboxylic acids is 5. The Labute approximate surface area is 322 Å². The highest BCUT2D eigenvalue weighted by atomic mass is 19.1. The Morgan fingerprint density at radius 2 is 1.59 bits per heavy atom. The molecule has 5 saturated heterocycles. The molecule has 6 aliphatic rings. The fourth-order valence-electron chi connectivity index (χ4n) is 8.77. The van der Waals surface area contributed by atoms with Crippen LogP contribution in [0.1, 0.15) is 46.4 Å². The van der Waals surface area contributed by atoms with Crippen LogP contribution in [0.5, 0.6) is 0 Å². The maximum atomic E-state index is 14.9. The van der Waals surface area contributed by atoms with Gasteiger partial charge in [-0.1, -0.05) is 0 Å². The molecule has 6 aliphatic heterocycles. The van der Waals surface area contributed by atoms with Gasteiger partial charge in [-0.3, -0.25) is 34.3 Å². The van der Waals surface area contributed by atoms with Crippen molar-refractivity contribution in [3.63, 3.8) is 0 Å². The number of piperidine rings is 2. The van der Waals surface area contributed by atoms with E-state index < -0.39 is 35.5 Å². The van der Waals surface area contributed by atoms with Crippen LogP contribution in [0.3, 0.4) is 0 Å². The molecule has 292 valence electrons. The molecule has 0 bridgehead atoms. The lowest BCUT2D eigenvalue weighted by Crippen LogP contribution is -2.55. The minimum absolute atomic E-state index is 0.0447. The number of anilines is 5. The van der Waals surface area contributed by atoms with Gasteiger partial charge < -0.3 is 29.7 Å². The molecule has 1 aromatic heterocycles. The molecule has 1 unspecified atom stereocenters. The van der Waals surface area contributed by atoms with Crippen molar-refractivity contribution in [1.82, 2.24) is 30.0 Å². The fraction of sp³-hybridized carbons (Fsp3) is 0.462. The van der Waals surface area contributed by atoms with Gasteiger partial charge in [-0.2, -0.15) is 4.98 Å². The van der Waals surface area contributed by atoms with Gasteiger partial charge in [-0.05, 0) is 61.7 Å². The summed E-state index contributed by atoms with van der Waals surface area (Å²) in [6, 6.07) is 12.3. The van der Waals surface area contributed by atoms with E-state index in [9.17, 15) is 28.4 Å². The van der Waals surface area contributed by atoms with Crippen LogP contribution in [0.15, 0.2) is 48.7 Å². The molecule has 2 N–H and O–H groups in total. The van der Waals surface area contributed by atoms with E-state index in [2.05, 4.69) is 47.4 Å². The molecular weight excluding hydrogens is 723 g/mol. The highest BCUT2D eigenvalue weighted by molar-refractivity contribution is 6.23. The molecule has 0 saturated carbocycles. The number of imide groups is 2. The largest absolute Gasteiger partial charge is 0.448 e. The Kier molecular flexibility index (Phi) is 9.39. The zero-order valence-electron chi connectivity index (χ0n) is 30.9. The minimum atomic E-state index is -0.975. The SMILES string of the molecule is O=C1CCC(N2C(=O)c3ccc(N4CC(CN5CCN(c6ccc(Nc7ncc(F)c(N8CCC[C@@H](N9CCOC9=O)C8)n7)cc6)CC5)C4)cc3C2=O)C(=O)N1. The quantitative estimate of drug-likeness (QED) is 0.306. The van der Waals surface area contributed by atoms with E-state index in [1.165, 1.54) is 6.20 Å². The highest BCUT2D eigenvalue weighted by Gasteiger charge is 2.45. The van der Waals surface area contributed by atoms with Crippen molar-refractivity contribution in [2.24, 2.45) is 5.92 Å². The Morgan fingerprint density at radius 1 is 0.821 bits per heavy atom. The lowest BCUT2D eigenvalue weighted by Gasteiger charge is -2.45. The number of hydrogen-bond donors (Lipinski definition) is 2. The maximum absolute atomic E-state index is 14.9. The van der Waals surface area contributed by atoms with Crippen molar-refractivity contribution >= 4 is 58.6 Å². The second-order valence-corrected chi connectivity index (χ2v) is 15.3. The van der Waals surface area contributed by atoms with Crippen LogP contribution in [-0.2, 0) is 14.3 Å². The first-order chi connectivity index (χ1) is 27.2. The smallest absolute Gasteiger partial charge is 0.410 e. The Hall–Kier alpha value is -5.84. The van der Waals surface area contributed by atoms with E-state index in [0.29, 0.717) is 43.7 Å². The first-order valence-electron chi connectivity index (χ1n) is 19.3. The third-order valence-electron chi connectivity index (χ3n) is 11.8. The number of amides is 5. The minimum Gasteiger partial charge on any atom is -0.448 e. The number of cyclic esters (lactones) is 1. The number of nitrogens with one attached hydrogen (secondary N) is 2. The van der Waals surface area contributed by atoms with Gasteiger partial charge in [0.2, 0.25) is 17.8 Å². The van der Waals surface area contributed by atoms with Crippen LogP contribution in [0.4, 0.5) is 38.0 Å². The molecule has 0 spiro atoms. The maximum Gasteiger partial charge on any atom is 0.410 e. The van der Waals surface area contributed by atoms with Gasteiger partial charge in [0, 0.05) is 88.3 Å². The Balaban J connectivity index is 0.741. The molecule has 9 rings (SSSR count). The number of carbonyl (C=O) groups is 5. The molecule has 16 nitrogen and oxygen atoms in total. The third-order valence-corrected chi connectivity index (χ3v) is 11.8. The average molecular weight is 767 g/mol. The summed E-state index contributed by atoms with van der Waals surface area (Å²) in [5.41, 5.74) is 3.38. The van der Waals surface area contributed by atoms with Gasteiger partial charge in [0.25, 0.3) is 11.8 Å². The molecule has 7 heterocycles. The topological polar surface area (TPSA) is 164 Å². The first kappa shape index (κ1) is 35.8. The number of rotatable bonds is 9. The van der Waals surface area contributed by atoms with Crippen molar-refractivity contribution in [2.75, 3.05) is 92.1 Å². The van der Waals surface area contributed by atoms with Crippen LogP contribution < -0.4 is 25.3 Å². The summed E-state index contributed by atoms with van der Waals surface area (Å²) >= 11 is 0. The van der Waals surface area contributed by atoms with Gasteiger partial charge in [0.05, 0.1) is 29.9 Å². The van der Waals surface area contributed by atoms with E-state index in [4.69, 9.17) is 4.74 Å². The van der Waals surface area contributed by atoms with E-state index in [0.717, 1.165) is 80.6 Å². The third kappa shape index (κ3) is 6.84. The van der Waals surface area contributed by atoms with Crippen molar-refractivity contribution in [1.29, 1.82) is 0 Å². The van der Waals surface area contributed by atoms with Gasteiger partial charge >= 0.3 is 6.09 Å². The number of hydrogen-bond acceptors (Lipinski definition) is 13. The highest BCUT2D eigenvalue weighted by Crippen LogP contribution is 2.34. The summed E-state index contributed by atoms with van der Waals surface area (Å²) in [5, 5.41) is 5.45. The lowest BCUT2D eigenvalue weighted by molar-refractivity contribution is -0.136. The average Bonchev–Trinajstić information content (AvgIpc) is 3.73. The number of halogens is 1. The number of piperazine rings is 1. The van der Waals surface area contributed by atoms with Gasteiger partial charge in [-0.15, -0.1) is 0 Å². The molecule has 5 amide bonds. The molecule has 0 aliphatic carbocycles. The predicted molar refractivity (Wildman–Crippen MR) is 202 cm³/mol. The van der Waals surface area contributed by atoms with Crippen LogP contribution in [0, 0.1) is 11.7 Å². The van der Waals surface area contributed by atoms with E-state index in [1.807, 2.05) is 23.1 Å². The van der Waals surface area contributed by atoms with E-state index >= 15 is 0 Å². The van der Waals surface area contributed by atoms with Crippen molar-refractivity contribution in [3.8, 4) is 0 Å². The zero-order chi connectivity index (χ0) is 38.5. The van der Waals surface area contributed by atoms with Gasteiger partial charge in [0.1, 0.15) is 12.6 Å². The van der Waals surface area contributed by atoms with Crippen LogP contribution in [-0.4, -0.2) is 139 Å². The predicted octanol–water partition coefficient (Wildman–Crippen LogP) is 2.44. The molecule has 5 fully saturated rings. The number of nitrogens with zero attached hydrogens (tertiary/aromatic N) is 8. The molecule has 3 aromatic rings. The summed E-state index contributed by atoms with van der Waals surface area (Å²) in [7, 11) is 0. The summed E-state index contributed by atoms with van der Waals surface area (Å²) in [6.07, 6.45) is 2.75. The number of aromatic nitrogens is 2. The first-order valence-corrected chi connectivity index (χ1v) is 19.3. The molecule has 2 aromatic carbocycles. The van der Waals surface area contributed by atoms with Crippen LogP contribution in [0.2, 0.25) is 0 Å². The standard InChI is InChI=1S/C39H43FN10O6/c40-31-19-41-38(44-34(31)47-11-1-2-28(23-47)49-16-17-56-39(49)55)42-25-3-5-26(6-4-25)46-14-12-45(13-15-46)20-24-21-48(22-24)27-7-8-29-30(18-27)37(54)50(36(29)53)32-9-10-33(51)43-35(32)52/h3-8,18-19,24,28,32H,1-2,9-17,20-23H2,(H,41,42,44)(H,43,51,52)/t28-,32?/m1/s1. The summed E-state index contributed by atoms with van der Waals surface area (Å²) in [4.78, 5) is 82.8. The van der Waals surface area contributed by atoms with E-state index in [1.54, 1.807) is 17.0 Å². The second-order valence-electron chi connectivity index (χ2n) is 15.3. The van der Waals surface area contributed by atoms with E-state index in [-0.39, 0.29) is 36.4 Å². The van der Waals surface area contributed by atoms with Crippen LogP contribution >= 0.6 is 0 Å².